The standard InChI is InChI=1S/C9H19N5O/c1-3-5-11-9(13-10)12-7-4-6-14(2)8(7)15/h7H,3-6,10H2,1-2H3,(H2,11,12,13). The molecule has 1 atom stereocenters. The maximum absolute atomic E-state index is 11.6. The van der Waals surface area contributed by atoms with Gasteiger partial charge in [0, 0.05) is 20.1 Å². The molecule has 1 aliphatic rings. The first-order valence-electron chi connectivity index (χ1n) is 5.21. The Morgan fingerprint density at radius 3 is 2.93 bits per heavy atom. The van der Waals surface area contributed by atoms with E-state index in [1.165, 1.54) is 0 Å². The SMILES string of the molecule is CCCN=C(NN)NC1CCN(C)C1=O. The first-order chi connectivity index (χ1) is 7.19. The average molecular weight is 213 g/mol. The van der Waals surface area contributed by atoms with Crippen molar-refractivity contribution in [3.63, 3.8) is 0 Å². The van der Waals surface area contributed by atoms with Gasteiger partial charge in [0.1, 0.15) is 6.04 Å². The number of likely N-dealkylation sites (tertiary alicyclic amines) is 1. The van der Waals surface area contributed by atoms with Gasteiger partial charge in [-0.3, -0.25) is 15.2 Å². The molecule has 1 unspecified atom stereocenters. The van der Waals surface area contributed by atoms with Gasteiger partial charge in [0.05, 0.1) is 0 Å². The average Bonchev–Trinajstić information content (AvgIpc) is 2.55. The van der Waals surface area contributed by atoms with Crippen LogP contribution >= 0.6 is 0 Å². The third-order valence-corrected chi connectivity index (χ3v) is 2.37. The fraction of sp³-hybridized carbons (Fsp3) is 0.778. The van der Waals surface area contributed by atoms with Crippen molar-refractivity contribution >= 4 is 11.9 Å². The summed E-state index contributed by atoms with van der Waals surface area (Å²) in [5, 5.41) is 3.00. The van der Waals surface area contributed by atoms with E-state index in [2.05, 4.69) is 15.7 Å². The minimum absolute atomic E-state index is 0.0921. The smallest absolute Gasteiger partial charge is 0.244 e. The summed E-state index contributed by atoms with van der Waals surface area (Å²) in [4.78, 5) is 17.5. The molecule has 0 aliphatic carbocycles. The summed E-state index contributed by atoms with van der Waals surface area (Å²) < 4.78 is 0. The van der Waals surface area contributed by atoms with Gasteiger partial charge in [0.25, 0.3) is 0 Å². The lowest BCUT2D eigenvalue weighted by Gasteiger charge is -2.14. The van der Waals surface area contributed by atoms with Crippen LogP contribution in [0.2, 0.25) is 0 Å². The molecule has 0 aromatic rings. The lowest BCUT2D eigenvalue weighted by Crippen LogP contribution is -2.49. The monoisotopic (exact) mass is 213 g/mol. The first-order valence-corrected chi connectivity index (χ1v) is 5.21. The van der Waals surface area contributed by atoms with Crippen LogP contribution in [-0.4, -0.2) is 42.9 Å². The van der Waals surface area contributed by atoms with Crippen LogP contribution < -0.4 is 16.6 Å². The van der Waals surface area contributed by atoms with Gasteiger partial charge in [-0.15, -0.1) is 0 Å². The summed E-state index contributed by atoms with van der Waals surface area (Å²) in [7, 11) is 1.79. The van der Waals surface area contributed by atoms with E-state index in [1.54, 1.807) is 11.9 Å². The molecule has 15 heavy (non-hydrogen) atoms. The van der Waals surface area contributed by atoms with E-state index in [9.17, 15) is 4.79 Å². The fourth-order valence-corrected chi connectivity index (χ4v) is 1.48. The molecule has 1 fully saturated rings. The van der Waals surface area contributed by atoms with E-state index in [1.807, 2.05) is 6.92 Å². The highest BCUT2D eigenvalue weighted by Crippen LogP contribution is 2.07. The summed E-state index contributed by atoms with van der Waals surface area (Å²) in [5.74, 6) is 5.89. The lowest BCUT2D eigenvalue weighted by atomic mass is 10.2. The van der Waals surface area contributed by atoms with Gasteiger partial charge < -0.3 is 10.2 Å². The zero-order valence-electron chi connectivity index (χ0n) is 9.29. The number of rotatable bonds is 3. The van der Waals surface area contributed by atoms with Gasteiger partial charge in [-0.25, -0.2) is 5.84 Å². The molecule has 0 bridgehead atoms. The molecule has 0 aromatic heterocycles. The summed E-state index contributed by atoms with van der Waals surface area (Å²) >= 11 is 0. The Morgan fingerprint density at radius 2 is 2.47 bits per heavy atom. The number of hydrogen-bond donors (Lipinski definition) is 3. The number of amides is 1. The van der Waals surface area contributed by atoms with Gasteiger partial charge >= 0.3 is 0 Å². The fourth-order valence-electron chi connectivity index (χ4n) is 1.48. The first kappa shape index (κ1) is 11.8. The Labute approximate surface area is 89.9 Å². The Kier molecular flexibility index (Phi) is 4.36. The number of carbonyl (C=O) groups is 1. The molecule has 0 radical (unpaired) electrons. The topological polar surface area (TPSA) is 82.8 Å². The highest BCUT2D eigenvalue weighted by molar-refractivity contribution is 5.89. The zero-order chi connectivity index (χ0) is 11.3. The van der Waals surface area contributed by atoms with E-state index in [0.717, 1.165) is 19.4 Å². The molecule has 0 spiro atoms. The third kappa shape index (κ3) is 3.09. The number of nitrogens with zero attached hydrogens (tertiary/aromatic N) is 2. The third-order valence-electron chi connectivity index (χ3n) is 2.37. The van der Waals surface area contributed by atoms with Crippen LogP contribution in [0, 0.1) is 0 Å². The highest BCUT2D eigenvalue weighted by atomic mass is 16.2. The van der Waals surface area contributed by atoms with Crippen LogP contribution in [-0.2, 0) is 4.79 Å². The van der Waals surface area contributed by atoms with Crippen LogP contribution in [0.3, 0.4) is 0 Å². The number of hydrazine groups is 1. The van der Waals surface area contributed by atoms with Crippen molar-refractivity contribution in [2.45, 2.75) is 25.8 Å². The van der Waals surface area contributed by atoms with E-state index in [0.29, 0.717) is 12.5 Å². The van der Waals surface area contributed by atoms with Crippen molar-refractivity contribution in [1.82, 2.24) is 15.6 Å². The second-order valence-electron chi connectivity index (χ2n) is 3.62. The van der Waals surface area contributed by atoms with Crippen molar-refractivity contribution in [2.75, 3.05) is 20.1 Å². The largest absolute Gasteiger partial charge is 0.344 e. The second-order valence-corrected chi connectivity index (χ2v) is 3.62. The van der Waals surface area contributed by atoms with E-state index < -0.39 is 0 Å². The number of aliphatic imine (C=N–C) groups is 1. The van der Waals surface area contributed by atoms with Crippen LogP contribution in [0.15, 0.2) is 4.99 Å². The van der Waals surface area contributed by atoms with Gasteiger partial charge in [0.15, 0.2) is 0 Å². The van der Waals surface area contributed by atoms with Crippen LogP contribution in [0.5, 0.6) is 0 Å². The number of carbonyl (C=O) groups excluding carboxylic acids is 1. The van der Waals surface area contributed by atoms with Crippen LogP contribution in [0.4, 0.5) is 0 Å². The van der Waals surface area contributed by atoms with Gasteiger partial charge in [0.2, 0.25) is 11.9 Å². The van der Waals surface area contributed by atoms with Crippen molar-refractivity contribution in [3.05, 3.63) is 0 Å². The number of guanidine groups is 1. The molecule has 1 heterocycles. The minimum Gasteiger partial charge on any atom is -0.344 e. The lowest BCUT2D eigenvalue weighted by molar-refractivity contribution is -0.127. The van der Waals surface area contributed by atoms with Crippen LogP contribution in [0.1, 0.15) is 19.8 Å². The molecule has 6 nitrogen and oxygen atoms in total. The maximum atomic E-state index is 11.6. The van der Waals surface area contributed by atoms with E-state index >= 15 is 0 Å². The molecule has 0 saturated carbocycles. The molecule has 86 valence electrons. The number of hydrogen-bond acceptors (Lipinski definition) is 3. The molecule has 0 aromatic carbocycles. The molecular weight excluding hydrogens is 194 g/mol. The normalized spacial score (nSPS) is 22.1. The Hall–Kier alpha value is -1.30. The van der Waals surface area contributed by atoms with E-state index in [4.69, 9.17) is 5.84 Å². The van der Waals surface area contributed by atoms with Crippen molar-refractivity contribution < 1.29 is 4.79 Å². The summed E-state index contributed by atoms with van der Waals surface area (Å²) in [6.45, 7) is 3.51. The molecule has 1 rings (SSSR count). The minimum atomic E-state index is -0.193. The molecule has 1 saturated heterocycles. The maximum Gasteiger partial charge on any atom is 0.244 e. The molecule has 6 heteroatoms. The van der Waals surface area contributed by atoms with Crippen molar-refractivity contribution in [2.24, 2.45) is 10.8 Å². The Morgan fingerprint density at radius 1 is 1.73 bits per heavy atom. The number of nitrogens with one attached hydrogen (secondary N) is 2. The highest BCUT2D eigenvalue weighted by Gasteiger charge is 2.29. The summed E-state index contributed by atoms with van der Waals surface area (Å²) in [6.07, 6.45) is 1.74. The Balaban J connectivity index is 2.49. The predicted octanol–water partition coefficient (Wildman–Crippen LogP) is -0.964. The predicted molar refractivity (Wildman–Crippen MR) is 59.1 cm³/mol. The van der Waals surface area contributed by atoms with Gasteiger partial charge in [-0.1, -0.05) is 6.92 Å². The molecule has 4 N–H and O–H groups in total. The van der Waals surface area contributed by atoms with Crippen molar-refractivity contribution in [1.29, 1.82) is 0 Å². The van der Waals surface area contributed by atoms with Crippen molar-refractivity contribution in [3.8, 4) is 0 Å². The molecular formula is C9H19N5O. The van der Waals surface area contributed by atoms with Gasteiger partial charge in [-0.05, 0) is 12.8 Å². The summed E-state index contributed by atoms with van der Waals surface area (Å²) in [5.41, 5.74) is 2.47. The second kappa shape index (κ2) is 5.55. The zero-order valence-corrected chi connectivity index (χ0v) is 9.29. The number of nitrogens with two attached hydrogens (primary N) is 1. The summed E-state index contributed by atoms with van der Waals surface area (Å²) in [6, 6.07) is -0.193. The Bertz CT molecular complexity index is 253. The molecule has 1 aliphatic heterocycles. The van der Waals surface area contributed by atoms with E-state index in [-0.39, 0.29) is 11.9 Å². The van der Waals surface area contributed by atoms with Gasteiger partial charge in [-0.2, -0.15) is 0 Å². The quantitative estimate of drug-likeness (QED) is 0.244. The number of likely N-dealkylation sites (N-methyl/N-ethyl adjacent to an activating group) is 1. The molecule has 1 amide bonds. The van der Waals surface area contributed by atoms with Crippen LogP contribution in [0.25, 0.3) is 0 Å².